The molecule has 1 unspecified atom stereocenters. The highest BCUT2D eigenvalue weighted by atomic mass is 32.2. The number of anilines is 1. The van der Waals surface area contributed by atoms with Gasteiger partial charge in [0.15, 0.2) is 11.6 Å². The van der Waals surface area contributed by atoms with Crippen molar-refractivity contribution in [3.63, 3.8) is 0 Å². The van der Waals surface area contributed by atoms with Crippen molar-refractivity contribution in [1.82, 2.24) is 0 Å². The van der Waals surface area contributed by atoms with Crippen LogP contribution in [0.25, 0.3) is 0 Å². The third-order valence-electron chi connectivity index (χ3n) is 3.05. The molecule has 2 aromatic rings. The molecule has 2 rings (SSSR count). The number of hydrogen-bond acceptors (Lipinski definition) is 3. The maximum atomic E-state index is 14.0. The summed E-state index contributed by atoms with van der Waals surface area (Å²) in [6.45, 7) is 1.85. The van der Waals surface area contributed by atoms with Crippen LogP contribution in [0.4, 0.5) is 10.1 Å². The molecule has 1 atom stereocenters. The third-order valence-corrected chi connectivity index (χ3v) is 4.41. The van der Waals surface area contributed by atoms with Gasteiger partial charge in [-0.3, -0.25) is 4.21 Å². The molecular weight excluding hydrogens is 277 g/mol. The van der Waals surface area contributed by atoms with Crippen LogP contribution in [-0.2, 0) is 16.6 Å². The lowest BCUT2D eigenvalue weighted by molar-refractivity contribution is 0.385. The van der Waals surface area contributed by atoms with E-state index >= 15 is 0 Å². The highest BCUT2D eigenvalue weighted by Crippen LogP contribution is 2.23. The Bertz CT molecular complexity index is 658. The Kier molecular flexibility index (Phi) is 4.39. The fraction of sp³-hybridized carbons (Fsp3) is 0.200. The van der Waals surface area contributed by atoms with Crippen LogP contribution in [0.2, 0.25) is 0 Å². The number of ether oxygens (including phenoxy) is 1. The van der Waals surface area contributed by atoms with Gasteiger partial charge in [-0.15, -0.1) is 0 Å². The molecule has 0 aromatic heterocycles. The first kappa shape index (κ1) is 14.5. The number of aryl methyl sites for hydroxylation is 1. The van der Waals surface area contributed by atoms with Gasteiger partial charge in [-0.2, -0.15) is 0 Å². The molecular formula is C15H16FNO2S. The van der Waals surface area contributed by atoms with E-state index in [9.17, 15) is 8.60 Å². The largest absolute Gasteiger partial charge is 0.494 e. The van der Waals surface area contributed by atoms with E-state index in [1.54, 1.807) is 30.3 Å². The summed E-state index contributed by atoms with van der Waals surface area (Å²) in [6, 6.07) is 10.0. The van der Waals surface area contributed by atoms with Crippen LogP contribution in [0.5, 0.6) is 5.75 Å². The van der Waals surface area contributed by atoms with E-state index in [0.717, 1.165) is 5.56 Å². The second-order valence-corrected chi connectivity index (χ2v) is 5.89. The van der Waals surface area contributed by atoms with Gasteiger partial charge in [0.25, 0.3) is 0 Å². The molecule has 0 bridgehead atoms. The van der Waals surface area contributed by atoms with Crippen molar-refractivity contribution in [2.75, 3.05) is 12.8 Å². The van der Waals surface area contributed by atoms with Crippen LogP contribution >= 0.6 is 0 Å². The van der Waals surface area contributed by atoms with E-state index in [2.05, 4.69) is 0 Å². The molecule has 5 heteroatoms. The van der Waals surface area contributed by atoms with Crippen molar-refractivity contribution in [2.45, 2.75) is 17.6 Å². The lowest BCUT2D eigenvalue weighted by Crippen LogP contribution is -2.01. The Labute approximate surface area is 120 Å². The summed E-state index contributed by atoms with van der Waals surface area (Å²) in [7, 11) is 0.0807. The van der Waals surface area contributed by atoms with Crippen LogP contribution in [0.15, 0.2) is 41.3 Å². The second kappa shape index (κ2) is 6.05. The van der Waals surface area contributed by atoms with Crippen LogP contribution in [0, 0.1) is 12.7 Å². The molecule has 2 N–H and O–H groups in total. The maximum absolute atomic E-state index is 14.0. The summed E-state index contributed by atoms with van der Waals surface area (Å²) >= 11 is 0. The summed E-state index contributed by atoms with van der Waals surface area (Å²) in [5.41, 5.74) is 7.61. The predicted molar refractivity (Wildman–Crippen MR) is 78.7 cm³/mol. The molecule has 0 fully saturated rings. The minimum atomic E-state index is -1.32. The first-order chi connectivity index (χ1) is 9.52. The van der Waals surface area contributed by atoms with Crippen LogP contribution < -0.4 is 10.5 Å². The number of nitrogen functional groups attached to an aromatic ring is 1. The average Bonchev–Trinajstić information content (AvgIpc) is 2.44. The average molecular weight is 293 g/mol. The molecule has 2 aromatic carbocycles. The van der Waals surface area contributed by atoms with Gasteiger partial charge < -0.3 is 10.5 Å². The topological polar surface area (TPSA) is 52.3 Å². The zero-order chi connectivity index (χ0) is 14.7. The molecule has 3 nitrogen and oxygen atoms in total. The molecule has 0 saturated heterocycles. The fourth-order valence-corrected chi connectivity index (χ4v) is 3.04. The number of benzene rings is 2. The monoisotopic (exact) mass is 293 g/mol. The van der Waals surface area contributed by atoms with E-state index in [1.165, 1.54) is 13.2 Å². The molecule has 0 radical (unpaired) electrons. The number of hydrogen-bond donors (Lipinski definition) is 1. The van der Waals surface area contributed by atoms with Gasteiger partial charge in [0.1, 0.15) is 0 Å². The van der Waals surface area contributed by atoms with E-state index in [1.807, 2.05) is 6.92 Å². The molecule has 0 amide bonds. The van der Waals surface area contributed by atoms with Crippen molar-refractivity contribution in [3.8, 4) is 5.75 Å². The van der Waals surface area contributed by atoms with Gasteiger partial charge in [-0.05, 0) is 36.8 Å². The lowest BCUT2D eigenvalue weighted by atomic mass is 10.2. The van der Waals surface area contributed by atoms with Crippen molar-refractivity contribution in [2.24, 2.45) is 0 Å². The lowest BCUT2D eigenvalue weighted by Gasteiger charge is -2.08. The van der Waals surface area contributed by atoms with Gasteiger partial charge in [0.05, 0.1) is 23.7 Å². The van der Waals surface area contributed by atoms with E-state index < -0.39 is 16.6 Å². The first-order valence-corrected chi connectivity index (χ1v) is 7.40. The summed E-state index contributed by atoms with van der Waals surface area (Å²) < 4.78 is 31.2. The normalized spacial score (nSPS) is 12.2. The van der Waals surface area contributed by atoms with Crippen LogP contribution in [0.1, 0.15) is 11.1 Å². The molecule has 0 saturated carbocycles. The van der Waals surface area contributed by atoms with Crippen molar-refractivity contribution in [3.05, 3.63) is 53.3 Å². The minimum absolute atomic E-state index is 0.104. The number of rotatable bonds is 4. The molecule has 20 heavy (non-hydrogen) atoms. The van der Waals surface area contributed by atoms with E-state index in [0.29, 0.717) is 16.1 Å². The molecule has 0 aliphatic rings. The summed E-state index contributed by atoms with van der Waals surface area (Å²) in [4.78, 5) is 0.638. The molecule has 0 spiro atoms. The quantitative estimate of drug-likeness (QED) is 0.882. The standard InChI is InChI=1S/C15H16FNO2S/c1-10-8-12(6-7-13(10)17)20(18)9-11-4-3-5-14(19-2)15(11)16/h3-8H,9,17H2,1-2H3. The molecule has 0 aliphatic heterocycles. The molecule has 0 aliphatic carbocycles. The fourth-order valence-electron chi connectivity index (χ4n) is 1.84. The second-order valence-electron chi connectivity index (χ2n) is 4.44. The zero-order valence-electron chi connectivity index (χ0n) is 11.4. The Balaban J connectivity index is 2.25. The summed E-state index contributed by atoms with van der Waals surface area (Å²) in [6.07, 6.45) is 0. The molecule has 0 heterocycles. The van der Waals surface area contributed by atoms with Crippen LogP contribution in [-0.4, -0.2) is 11.3 Å². The van der Waals surface area contributed by atoms with E-state index in [-0.39, 0.29) is 11.5 Å². The van der Waals surface area contributed by atoms with Gasteiger partial charge in [0, 0.05) is 16.1 Å². The smallest absolute Gasteiger partial charge is 0.169 e. The summed E-state index contributed by atoms with van der Waals surface area (Å²) in [5, 5.41) is 0. The number of methoxy groups -OCH3 is 1. The number of nitrogens with two attached hydrogens (primary N) is 1. The number of halogens is 1. The minimum Gasteiger partial charge on any atom is -0.494 e. The van der Waals surface area contributed by atoms with Gasteiger partial charge in [0.2, 0.25) is 0 Å². The first-order valence-electron chi connectivity index (χ1n) is 6.09. The zero-order valence-corrected chi connectivity index (χ0v) is 12.2. The Morgan fingerprint density at radius 2 is 2.05 bits per heavy atom. The van der Waals surface area contributed by atoms with Crippen LogP contribution in [0.3, 0.4) is 0 Å². The van der Waals surface area contributed by atoms with Gasteiger partial charge in [-0.25, -0.2) is 4.39 Å². The van der Waals surface area contributed by atoms with Gasteiger partial charge in [-0.1, -0.05) is 12.1 Å². The van der Waals surface area contributed by atoms with Crippen molar-refractivity contribution < 1.29 is 13.3 Å². The Morgan fingerprint density at radius 1 is 1.30 bits per heavy atom. The highest BCUT2D eigenvalue weighted by Gasteiger charge is 2.13. The van der Waals surface area contributed by atoms with Crippen molar-refractivity contribution >= 4 is 16.5 Å². The predicted octanol–water partition coefficient (Wildman–Crippen LogP) is 3.03. The maximum Gasteiger partial charge on any atom is 0.169 e. The summed E-state index contributed by atoms with van der Waals surface area (Å²) in [5.74, 6) is -0.199. The van der Waals surface area contributed by atoms with Crippen molar-refractivity contribution in [1.29, 1.82) is 0 Å². The molecule has 106 valence electrons. The highest BCUT2D eigenvalue weighted by molar-refractivity contribution is 7.84. The Hall–Kier alpha value is -1.88. The van der Waals surface area contributed by atoms with E-state index in [4.69, 9.17) is 10.5 Å². The SMILES string of the molecule is COc1cccc(CS(=O)c2ccc(N)c(C)c2)c1F. The Morgan fingerprint density at radius 3 is 2.70 bits per heavy atom. The van der Waals surface area contributed by atoms with Gasteiger partial charge >= 0.3 is 0 Å². The third kappa shape index (κ3) is 2.99.